The lowest BCUT2D eigenvalue weighted by Crippen LogP contribution is -2.58. The zero-order valence-electron chi connectivity index (χ0n) is 23.6. The van der Waals surface area contributed by atoms with E-state index in [-0.39, 0.29) is 13.0 Å². The number of carboxylic acids is 1. The largest absolute Gasteiger partial charge is 0.760 e. The third kappa shape index (κ3) is 8.00. The number of benzene rings is 3. The number of nitrogens with zero attached hydrogens (tertiary/aromatic N) is 2. The fraction of sp³-hybridized carbons (Fsp3) is 0.355. The molecule has 8 nitrogen and oxygen atoms in total. The molecule has 230 valence electrons. The van der Waals surface area contributed by atoms with Gasteiger partial charge < -0.3 is 19.3 Å². The van der Waals surface area contributed by atoms with Crippen LogP contribution in [0.25, 0.3) is 0 Å². The lowest BCUT2D eigenvalue weighted by molar-refractivity contribution is -0.184. The van der Waals surface area contributed by atoms with Crippen LogP contribution in [0.15, 0.2) is 72.8 Å². The number of hydrogen-bond acceptors (Lipinski definition) is 5. The Hall–Kier alpha value is -2.86. The van der Waals surface area contributed by atoms with Crippen molar-refractivity contribution in [1.82, 2.24) is 9.21 Å². The maximum absolute atomic E-state index is 14.4. The molecule has 0 aromatic heterocycles. The molecule has 1 N–H and O–H groups in total. The van der Waals surface area contributed by atoms with Gasteiger partial charge in [-0.05, 0) is 66.8 Å². The van der Waals surface area contributed by atoms with Crippen LogP contribution in [0.4, 0.5) is 4.39 Å². The van der Waals surface area contributed by atoms with E-state index in [1.54, 1.807) is 78.6 Å². The summed E-state index contributed by atoms with van der Waals surface area (Å²) in [4.78, 5) is 27.4. The minimum absolute atomic E-state index is 0.111. The molecule has 2 unspecified atom stereocenters. The highest BCUT2D eigenvalue weighted by Crippen LogP contribution is 2.44. The van der Waals surface area contributed by atoms with Crippen molar-refractivity contribution >= 4 is 46.3 Å². The van der Waals surface area contributed by atoms with E-state index in [0.717, 1.165) is 0 Å². The number of amides is 1. The van der Waals surface area contributed by atoms with Gasteiger partial charge in [0, 0.05) is 39.9 Å². The van der Waals surface area contributed by atoms with E-state index in [2.05, 4.69) is 0 Å². The van der Waals surface area contributed by atoms with Gasteiger partial charge in [0.15, 0.2) is 0 Å². The molecule has 3 aromatic carbocycles. The lowest BCUT2D eigenvalue weighted by Gasteiger charge is -2.49. The fourth-order valence-corrected chi connectivity index (χ4v) is 6.48. The molecule has 1 saturated heterocycles. The van der Waals surface area contributed by atoms with Gasteiger partial charge in [0.25, 0.3) is 5.91 Å². The van der Waals surface area contributed by atoms with E-state index >= 15 is 0 Å². The van der Waals surface area contributed by atoms with Crippen LogP contribution < -0.4 is 0 Å². The Bertz CT molecular complexity index is 1460. The number of hydrogen-bond donors (Lipinski definition) is 1. The third-order valence-corrected chi connectivity index (χ3v) is 8.97. The summed E-state index contributed by atoms with van der Waals surface area (Å²) in [6.07, 6.45) is -2.31. The van der Waals surface area contributed by atoms with Gasteiger partial charge in [-0.25, -0.2) is 8.70 Å². The highest BCUT2D eigenvalue weighted by molar-refractivity contribution is 7.76. The highest BCUT2D eigenvalue weighted by atomic mass is 35.5. The first-order valence-electron chi connectivity index (χ1n) is 13.8. The first-order valence-corrected chi connectivity index (χ1v) is 15.6. The normalized spacial score (nSPS) is 21.0. The van der Waals surface area contributed by atoms with Crippen molar-refractivity contribution in [3.63, 3.8) is 0 Å². The molecule has 0 spiro atoms. The molecule has 1 fully saturated rings. The van der Waals surface area contributed by atoms with Gasteiger partial charge in [-0.2, -0.15) is 0 Å². The van der Waals surface area contributed by atoms with Gasteiger partial charge >= 0.3 is 5.97 Å². The Morgan fingerprint density at radius 1 is 1.09 bits per heavy atom. The van der Waals surface area contributed by atoms with Gasteiger partial charge in [-0.1, -0.05) is 72.6 Å². The minimum atomic E-state index is -2.71. The van der Waals surface area contributed by atoms with E-state index in [9.17, 15) is 27.8 Å². The van der Waals surface area contributed by atoms with E-state index in [4.69, 9.17) is 27.9 Å². The Morgan fingerprint density at radius 3 is 2.40 bits per heavy atom. The highest BCUT2D eigenvalue weighted by Gasteiger charge is 2.47. The van der Waals surface area contributed by atoms with Crippen LogP contribution in [-0.2, 0) is 32.0 Å². The molecule has 1 amide bonds. The molecule has 1 heterocycles. The summed E-state index contributed by atoms with van der Waals surface area (Å²) < 4.78 is 46.9. The second kappa shape index (κ2) is 14.7. The molecule has 0 aliphatic carbocycles. The van der Waals surface area contributed by atoms with Crippen molar-refractivity contribution in [2.75, 3.05) is 6.54 Å². The molecular weight excluding hydrogens is 618 g/mol. The number of ether oxygens (including phenoxy) is 1. The van der Waals surface area contributed by atoms with Crippen molar-refractivity contribution in [2.45, 2.75) is 63.4 Å². The molecule has 1 aliphatic heterocycles. The summed E-state index contributed by atoms with van der Waals surface area (Å²) in [6, 6.07) is 17.8. The summed E-state index contributed by atoms with van der Waals surface area (Å²) in [5, 5.41) is 10.5. The molecule has 1 aliphatic rings. The topological polar surface area (TPSA) is 110 Å². The van der Waals surface area contributed by atoms with Gasteiger partial charge in [-0.3, -0.25) is 13.8 Å². The standard InChI is InChI=1S/C31H33Cl2FN2O6S/c1-3-25(18-35(43(40)41)19(2)15-21-7-4-5-10-26(21)34)36-29(20-11-13-23(32)14-12-20)30(22-8-6-9-24(33)16-22)42-27(31(36)39)17-28(37)38/h4-14,16,19,25,27,29-30H,3,15,17-18H2,1-2H3,(H,37,38)(H,40,41)/p-1/t19-,25?,27+,29+,30+/m0/s1. The Labute approximate surface area is 262 Å². The SMILES string of the molecule is CCC(CN([C@@H](C)Cc1ccccc1F)S(=O)[O-])N1C(=O)[C@@H](CC(=O)O)O[C@H](c2cccc(Cl)c2)[C@H]1c1ccc(Cl)cc1. The van der Waals surface area contributed by atoms with Crippen LogP contribution >= 0.6 is 23.2 Å². The number of carbonyl (C=O) groups is 2. The lowest BCUT2D eigenvalue weighted by atomic mass is 9.89. The average Bonchev–Trinajstić information content (AvgIpc) is 2.96. The van der Waals surface area contributed by atoms with E-state index < -0.39 is 65.7 Å². The van der Waals surface area contributed by atoms with Crippen LogP contribution in [0, 0.1) is 5.82 Å². The van der Waals surface area contributed by atoms with Crippen molar-refractivity contribution < 1.29 is 32.6 Å². The molecule has 0 saturated carbocycles. The second-order valence-electron chi connectivity index (χ2n) is 10.5. The smallest absolute Gasteiger partial charge is 0.306 e. The molecule has 0 radical (unpaired) electrons. The molecule has 4 rings (SSSR count). The maximum atomic E-state index is 14.4. The first kappa shape index (κ1) is 33.0. The van der Waals surface area contributed by atoms with Gasteiger partial charge in [0.1, 0.15) is 18.0 Å². The number of carboxylic acid groups (broad SMARTS) is 1. The van der Waals surface area contributed by atoms with Crippen LogP contribution in [0.1, 0.15) is 55.5 Å². The second-order valence-corrected chi connectivity index (χ2v) is 12.2. The summed E-state index contributed by atoms with van der Waals surface area (Å²) >= 11 is 9.79. The van der Waals surface area contributed by atoms with Crippen LogP contribution in [0.5, 0.6) is 0 Å². The van der Waals surface area contributed by atoms with E-state index in [1.165, 1.54) is 10.4 Å². The fourth-order valence-electron chi connectivity index (χ4n) is 5.49. The van der Waals surface area contributed by atoms with E-state index in [0.29, 0.717) is 33.2 Å². The van der Waals surface area contributed by atoms with Gasteiger partial charge in [-0.15, -0.1) is 0 Å². The average molecular weight is 651 g/mol. The predicted molar refractivity (Wildman–Crippen MR) is 162 cm³/mol. The van der Waals surface area contributed by atoms with Gasteiger partial charge in [0.05, 0.1) is 12.5 Å². The molecule has 43 heavy (non-hydrogen) atoms. The zero-order chi connectivity index (χ0) is 31.3. The van der Waals surface area contributed by atoms with Gasteiger partial charge in [0.2, 0.25) is 0 Å². The van der Waals surface area contributed by atoms with Crippen molar-refractivity contribution in [3.8, 4) is 0 Å². The Balaban J connectivity index is 1.79. The summed E-state index contributed by atoms with van der Waals surface area (Å²) in [5.41, 5.74) is 1.64. The number of carbonyl (C=O) groups excluding carboxylic acids is 1. The summed E-state index contributed by atoms with van der Waals surface area (Å²) in [5.74, 6) is -2.24. The molecule has 3 aromatic rings. The van der Waals surface area contributed by atoms with Crippen LogP contribution in [0.2, 0.25) is 10.0 Å². The predicted octanol–water partition coefficient (Wildman–Crippen LogP) is 6.12. The molecule has 0 bridgehead atoms. The number of aliphatic carboxylic acids is 1. The van der Waals surface area contributed by atoms with Crippen molar-refractivity contribution in [2.24, 2.45) is 0 Å². The molecular formula is C31H32Cl2FN2O6S-. The number of morpholine rings is 1. The van der Waals surface area contributed by atoms with E-state index in [1.807, 2.05) is 6.92 Å². The van der Waals surface area contributed by atoms with Crippen molar-refractivity contribution in [1.29, 1.82) is 0 Å². The Kier molecular flexibility index (Phi) is 11.3. The summed E-state index contributed by atoms with van der Waals surface area (Å²) in [6.45, 7) is 3.38. The van der Waals surface area contributed by atoms with Crippen molar-refractivity contribution in [3.05, 3.63) is 105 Å². The molecule has 6 atom stereocenters. The third-order valence-electron chi connectivity index (χ3n) is 7.59. The number of halogens is 3. The first-order chi connectivity index (χ1) is 20.5. The van der Waals surface area contributed by atoms with Crippen LogP contribution in [0.3, 0.4) is 0 Å². The van der Waals surface area contributed by atoms with Crippen LogP contribution in [-0.4, -0.2) is 59.7 Å². The number of rotatable bonds is 12. The zero-order valence-corrected chi connectivity index (χ0v) is 25.9. The quantitative estimate of drug-likeness (QED) is 0.237. The summed E-state index contributed by atoms with van der Waals surface area (Å²) in [7, 11) is 0. The Morgan fingerprint density at radius 2 is 1.79 bits per heavy atom. The minimum Gasteiger partial charge on any atom is -0.760 e. The molecule has 12 heteroatoms. The monoisotopic (exact) mass is 649 g/mol. The maximum Gasteiger partial charge on any atom is 0.306 e.